The van der Waals surface area contributed by atoms with E-state index in [-0.39, 0.29) is 16.6 Å². The first-order valence-corrected chi connectivity index (χ1v) is 7.44. The third-order valence-electron chi connectivity index (χ3n) is 3.29. The Labute approximate surface area is 143 Å². The lowest BCUT2D eigenvalue weighted by molar-refractivity contribution is -0.384. The summed E-state index contributed by atoms with van der Waals surface area (Å²) in [7, 11) is 1.58. The number of anilines is 2. The number of halogens is 1. The second-order valence-corrected chi connectivity index (χ2v) is 5.41. The lowest BCUT2D eigenvalue weighted by Crippen LogP contribution is -2.31. The monoisotopic (exact) mass is 349 g/mol. The highest BCUT2D eigenvalue weighted by atomic mass is 35.5. The molecule has 2 aromatic carbocycles. The minimum absolute atomic E-state index is 0.106. The summed E-state index contributed by atoms with van der Waals surface area (Å²) in [6.07, 6.45) is 0. The number of carbonyl (C=O) groups excluding carboxylic acids is 1. The number of carbonyl (C=O) groups is 1. The van der Waals surface area contributed by atoms with Crippen LogP contribution in [-0.2, 0) is 4.79 Å². The molecule has 7 nitrogen and oxygen atoms in total. The van der Waals surface area contributed by atoms with Gasteiger partial charge in [-0.1, -0.05) is 11.6 Å². The molecule has 0 aliphatic carbocycles. The van der Waals surface area contributed by atoms with Crippen molar-refractivity contribution in [2.75, 3.05) is 17.7 Å². The summed E-state index contributed by atoms with van der Waals surface area (Å²) in [6, 6.07) is 10.5. The van der Waals surface area contributed by atoms with Gasteiger partial charge in [0.15, 0.2) is 0 Å². The third kappa shape index (κ3) is 4.36. The van der Waals surface area contributed by atoms with E-state index in [9.17, 15) is 14.9 Å². The second-order valence-electron chi connectivity index (χ2n) is 5.01. The number of nitro groups is 1. The number of nitro benzene ring substituents is 1. The number of nitrogens with zero attached hydrogens (tertiary/aromatic N) is 1. The van der Waals surface area contributed by atoms with Crippen LogP contribution in [0.5, 0.6) is 5.75 Å². The van der Waals surface area contributed by atoms with Crippen LogP contribution in [0.4, 0.5) is 17.1 Å². The summed E-state index contributed by atoms with van der Waals surface area (Å²) in [6.45, 7) is 1.69. The number of amides is 1. The normalized spacial score (nSPS) is 11.5. The maximum atomic E-state index is 12.2. The molecule has 0 bridgehead atoms. The van der Waals surface area contributed by atoms with Gasteiger partial charge in [-0.3, -0.25) is 14.9 Å². The lowest BCUT2D eigenvalue weighted by atomic mass is 10.2. The number of benzene rings is 2. The van der Waals surface area contributed by atoms with E-state index in [1.54, 1.807) is 38.3 Å². The molecule has 0 aliphatic rings. The SMILES string of the molecule is COc1ccc(N[C@H](C)C(=O)Nc2ccc([N+](=O)[O-])cc2Cl)cc1. The Morgan fingerprint density at radius 3 is 2.46 bits per heavy atom. The first-order valence-electron chi connectivity index (χ1n) is 7.06. The molecule has 1 atom stereocenters. The van der Waals surface area contributed by atoms with Gasteiger partial charge in [0.05, 0.1) is 22.7 Å². The van der Waals surface area contributed by atoms with Gasteiger partial charge in [0.2, 0.25) is 5.91 Å². The molecular formula is C16H16ClN3O4. The molecule has 0 fully saturated rings. The Balaban J connectivity index is 2.01. The molecular weight excluding hydrogens is 334 g/mol. The summed E-state index contributed by atoms with van der Waals surface area (Å²) >= 11 is 5.96. The largest absolute Gasteiger partial charge is 0.497 e. The number of nitrogens with one attached hydrogen (secondary N) is 2. The number of hydrogen-bond acceptors (Lipinski definition) is 5. The van der Waals surface area contributed by atoms with Gasteiger partial charge in [-0.15, -0.1) is 0 Å². The van der Waals surface area contributed by atoms with Crippen LogP contribution in [0.1, 0.15) is 6.92 Å². The van der Waals surface area contributed by atoms with Crippen molar-refractivity contribution in [3.8, 4) is 5.75 Å². The molecule has 0 heterocycles. The van der Waals surface area contributed by atoms with Gasteiger partial charge < -0.3 is 15.4 Å². The number of ether oxygens (including phenoxy) is 1. The first kappa shape index (κ1) is 17.6. The van der Waals surface area contributed by atoms with Crippen molar-refractivity contribution in [1.82, 2.24) is 0 Å². The molecule has 2 rings (SSSR count). The van der Waals surface area contributed by atoms with Crippen molar-refractivity contribution in [3.05, 3.63) is 57.6 Å². The number of rotatable bonds is 6. The molecule has 126 valence electrons. The van der Waals surface area contributed by atoms with Crippen LogP contribution in [0.25, 0.3) is 0 Å². The van der Waals surface area contributed by atoms with Gasteiger partial charge in [-0.05, 0) is 37.3 Å². The van der Waals surface area contributed by atoms with E-state index in [0.717, 1.165) is 11.4 Å². The molecule has 2 N–H and O–H groups in total. The minimum Gasteiger partial charge on any atom is -0.497 e. The van der Waals surface area contributed by atoms with Crippen LogP contribution >= 0.6 is 11.6 Å². The molecule has 0 unspecified atom stereocenters. The van der Waals surface area contributed by atoms with E-state index in [1.807, 2.05) is 0 Å². The third-order valence-corrected chi connectivity index (χ3v) is 3.60. The van der Waals surface area contributed by atoms with Crippen LogP contribution in [0.3, 0.4) is 0 Å². The molecule has 0 aliphatic heterocycles. The Morgan fingerprint density at radius 2 is 1.92 bits per heavy atom. The van der Waals surface area contributed by atoms with Crippen LogP contribution in [-0.4, -0.2) is 24.0 Å². The fourth-order valence-corrected chi connectivity index (χ4v) is 2.18. The van der Waals surface area contributed by atoms with Crippen molar-refractivity contribution in [2.45, 2.75) is 13.0 Å². The van der Waals surface area contributed by atoms with E-state index in [4.69, 9.17) is 16.3 Å². The molecule has 8 heteroatoms. The standard InChI is InChI=1S/C16H16ClN3O4/c1-10(18-11-3-6-13(24-2)7-4-11)16(21)19-15-8-5-12(20(22)23)9-14(15)17/h3-10,18H,1-2H3,(H,19,21)/t10-/m1/s1. The van der Waals surface area contributed by atoms with E-state index in [1.165, 1.54) is 18.2 Å². The van der Waals surface area contributed by atoms with E-state index >= 15 is 0 Å². The average Bonchev–Trinajstić information content (AvgIpc) is 2.57. The molecule has 0 saturated heterocycles. The lowest BCUT2D eigenvalue weighted by Gasteiger charge is -2.16. The van der Waals surface area contributed by atoms with Gasteiger partial charge >= 0.3 is 0 Å². The van der Waals surface area contributed by atoms with Crippen LogP contribution in [0.2, 0.25) is 5.02 Å². The van der Waals surface area contributed by atoms with Crippen LogP contribution < -0.4 is 15.4 Å². The summed E-state index contributed by atoms with van der Waals surface area (Å²) in [5.74, 6) is 0.400. The van der Waals surface area contributed by atoms with Gasteiger partial charge in [0.1, 0.15) is 11.8 Å². The molecule has 0 saturated carbocycles. The van der Waals surface area contributed by atoms with E-state index < -0.39 is 11.0 Å². The first-order chi connectivity index (χ1) is 11.4. The summed E-state index contributed by atoms with van der Waals surface area (Å²) in [4.78, 5) is 22.4. The molecule has 0 spiro atoms. The number of non-ortho nitro benzene ring substituents is 1. The van der Waals surface area contributed by atoms with Crippen molar-refractivity contribution >= 4 is 34.6 Å². The number of methoxy groups -OCH3 is 1. The maximum Gasteiger partial charge on any atom is 0.271 e. The predicted octanol–water partition coefficient (Wildman–Crippen LogP) is 3.70. The summed E-state index contributed by atoms with van der Waals surface area (Å²) < 4.78 is 5.07. The zero-order chi connectivity index (χ0) is 17.7. The van der Waals surface area contributed by atoms with Gasteiger partial charge in [-0.25, -0.2) is 0 Å². The Morgan fingerprint density at radius 1 is 1.25 bits per heavy atom. The van der Waals surface area contributed by atoms with E-state index in [0.29, 0.717) is 5.69 Å². The molecule has 2 aromatic rings. The minimum atomic E-state index is -0.550. The Hall–Kier alpha value is -2.80. The second kappa shape index (κ2) is 7.65. The fraction of sp³-hybridized carbons (Fsp3) is 0.188. The fourth-order valence-electron chi connectivity index (χ4n) is 1.96. The quantitative estimate of drug-likeness (QED) is 0.612. The summed E-state index contributed by atoms with van der Waals surface area (Å²) in [5, 5.41) is 16.5. The highest BCUT2D eigenvalue weighted by molar-refractivity contribution is 6.34. The highest BCUT2D eigenvalue weighted by Crippen LogP contribution is 2.26. The molecule has 1 amide bonds. The molecule has 0 aromatic heterocycles. The maximum absolute atomic E-state index is 12.2. The van der Waals surface area contributed by atoms with Crippen molar-refractivity contribution in [3.63, 3.8) is 0 Å². The van der Waals surface area contributed by atoms with Gasteiger partial charge in [0, 0.05) is 17.8 Å². The van der Waals surface area contributed by atoms with Crippen LogP contribution in [0.15, 0.2) is 42.5 Å². The zero-order valence-corrected chi connectivity index (χ0v) is 13.8. The van der Waals surface area contributed by atoms with E-state index in [2.05, 4.69) is 10.6 Å². The zero-order valence-electron chi connectivity index (χ0n) is 13.1. The molecule has 24 heavy (non-hydrogen) atoms. The summed E-state index contributed by atoms with van der Waals surface area (Å²) in [5.41, 5.74) is 0.936. The predicted molar refractivity (Wildman–Crippen MR) is 92.8 cm³/mol. The van der Waals surface area contributed by atoms with Crippen molar-refractivity contribution in [1.29, 1.82) is 0 Å². The van der Waals surface area contributed by atoms with Crippen LogP contribution in [0, 0.1) is 10.1 Å². The Kier molecular flexibility index (Phi) is 5.59. The van der Waals surface area contributed by atoms with Crippen molar-refractivity contribution < 1.29 is 14.5 Å². The van der Waals surface area contributed by atoms with Crippen molar-refractivity contribution in [2.24, 2.45) is 0 Å². The highest BCUT2D eigenvalue weighted by Gasteiger charge is 2.16. The smallest absolute Gasteiger partial charge is 0.271 e. The Bertz CT molecular complexity index is 749. The average molecular weight is 350 g/mol. The molecule has 0 radical (unpaired) electrons. The van der Waals surface area contributed by atoms with Gasteiger partial charge in [-0.2, -0.15) is 0 Å². The van der Waals surface area contributed by atoms with Gasteiger partial charge in [0.25, 0.3) is 5.69 Å². The number of hydrogen-bond donors (Lipinski definition) is 2. The topological polar surface area (TPSA) is 93.5 Å².